The molecule has 3 nitrogen and oxygen atoms in total. The van der Waals surface area contributed by atoms with Crippen LogP contribution in [-0.2, 0) is 0 Å². The molecule has 3 aromatic rings. The molecule has 0 bridgehead atoms. The fourth-order valence-electron chi connectivity index (χ4n) is 3.44. The maximum Gasteiger partial charge on any atom is 0.0872 e. The summed E-state index contributed by atoms with van der Waals surface area (Å²) in [6.45, 7) is 1.63. The number of benzene rings is 2. The first-order chi connectivity index (χ1) is 9.86. The van der Waals surface area contributed by atoms with Crippen molar-refractivity contribution in [3.05, 3.63) is 48.5 Å². The van der Waals surface area contributed by atoms with Crippen molar-refractivity contribution in [3.8, 4) is 0 Å². The number of aromatic nitrogens is 1. The predicted octanol–water partition coefficient (Wildman–Crippen LogP) is 2.69. The van der Waals surface area contributed by atoms with Crippen LogP contribution in [0.15, 0.2) is 48.5 Å². The summed E-state index contributed by atoms with van der Waals surface area (Å²) in [6, 6.07) is 17.1. The van der Waals surface area contributed by atoms with Gasteiger partial charge in [0, 0.05) is 28.4 Å². The Morgan fingerprint density at radius 2 is 1.55 bits per heavy atom. The molecule has 1 unspecified atom stereocenters. The first-order valence-corrected chi connectivity index (χ1v) is 7.23. The summed E-state index contributed by atoms with van der Waals surface area (Å²) in [4.78, 5) is 0. The van der Waals surface area contributed by atoms with Gasteiger partial charge in [0.25, 0.3) is 0 Å². The first kappa shape index (κ1) is 11.9. The Kier molecular flexibility index (Phi) is 2.76. The molecule has 0 spiro atoms. The number of aliphatic hydroxyl groups is 1. The van der Waals surface area contributed by atoms with Gasteiger partial charge in [-0.15, -0.1) is 0 Å². The van der Waals surface area contributed by atoms with Crippen LogP contribution in [0.1, 0.15) is 12.5 Å². The summed E-state index contributed by atoms with van der Waals surface area (Å²) >= 11 is 0. The van der Waals surface area contributed by atoms with Crippen LogP contribution in [0.2, 0.25) is 0 Å². The Bertz CT molecular complexity index is 709. The molecule has 0 radical (unpaired) electrons. The molecule has 1 saturated heterocycles. The zero-order valence-electron chi connectivity index (χ0n) is 11.3. The number of nitrogens with zero attached hydrogens (tertiary/aromatic N) is 1. The molecule has 1 aromatic heterocycles. The van der Waals surface area contributed by atoms with Crippen molar-refractivity contribution in [1.82, 2.24) is 9.88 Å². The maximum absolute atomic E-state index is 10.4. The first-order valence-electron chi connectivity index (χ1n) is 7.23. The van der Waals surface area contributed by atoms with Crippen molar-refractivity contribution < 1.29 is 5.11 Å². The third-order valence-corrected chi connectivity index (χ3v) is 4.36. The van der Waals surface area contributed by atoms with E-state index in [-0.39, 0.29) is 12.1 Å². The number of para-hydroxylation sites is 2. The molecule has 2 heterocycles. The minimum atomic E-state index is -0.331. The molecule has 1 aliphatic rings. The summed E-state index contributed by atoms with van der Waals surface area (Å²) < 4.78 is 2.33. The van der Waals surface area contributed by atoms with Crippen LogP contribution in [0.3, 0.4) is 0 Å². The van der Waals surface area contributed by atoms with Gasteiger partial charge in [0.2, 0.25) is 0 Å². The second kappa shape index (κ2) is 4.62. The average Bonchev–Trinajstić information content (AvgIpc) is 2.83. The minimum absolute atomic E-state index is 0.154. The van der Waals surface area contributed by atoms with E-state index < -0.39 is 0 Å². The largest absolute Gasteiger partial charge is 0.390 e. The van der Waals surface area contributed by atoms with E-state index in [1.54, 1.807) is 0 Å². The molecule has 102 valence electrons. The van der Waals surface area contributed by atoms with E-state index in [0.29, 0.717) is 6.54 Å². The van der Waals surface area contributed by atoms with Gasteiger partial charge in [0.15, 0.2) is 0 Å². The van der Waals surface area contributed by atoms with Crippen LogP contribution >= 0.6 is 0 Å². The van der Waals surface area contributed by atoms with Crippen molar-refractivity contribution in [2.75, 3.05) is 13.1 Å². The fraction of sp³-hybridized carbons (Fsp3) is 0.294. The number of hydrogen-bond acceptors (Lipinski definition) is 2. The van der Waals surface area contributed by atoms with E-state index in [0.717, 1.165) is 13.0 Å². The lowest BCUT2D eigenvalue weighted by Gasteiger charge is -2.31. The highest BCUT2D eigenvalue weighted by Crippen LogP contribution is 2.34. The molecule has 1 fully saturated rings. The maximum atomic E-state index is 10.4. The Morgan fingerprint density at radius 1 is 0.950 bits per heavy atom. The van der Waals surface area contributed by atoms with Gasteiger partial charge in [-0.3, -0.25) is 0 Å². The lowest BCUT2D eigenvalue weighted by Crippen LogP contribution is -2.41. The highest BCUT2D eigenvalue weighted by Gasteiger charge is 2.27. The van der Waals surface area contributed by atoms with E-state index >= 15 is 0 Å². The Balaban J connectivity index is 2.04. The summed E-state index contributed by atoms with van der Waals surface area (Å²) in [7, 11) is 0. The third kappa shape index (κ3) is 1.67. The number of hydrogen-bond donors (Lipinski definition) is 2. The van der Waals surface area contributed by atoms with Crippen LogP contribution in [0.25, 0.3) is 21.8 Å². The Labute approximate surface area is 117 Å². The lowest BCUT2D eigenvalue weighted by molar-refractivity contribution is 0.0913. The van der Waals surface area contributed by atoms with E-state index in [2.05, 4.69) is 58.4 Å². The molecular formula is C17H18N2O. The molecular weight excluding hydrogens is 248 g/mol. The Hall–Kier alpha value is -1.84. The van der Waals surface area contributed by atoms with Gasteiger partial charge < -0.3 is 15.0 Å². The quantitative estimate of drug-likeness (QED) is 0.710. The van der Waals surface area contributed by atoms with Gasteiger partial charge in [-0.05, 0) is 25.1 Å². The molecule has 3 heteroatoms. The monoisotopic (exact) mass is 266 g/mol. The van der Waals surface area contributed by atoms with Crippen LogP contribution in [0, 0.1) is 0 Å². The molecule has 2 atom stereocenters. The zero-order valence-corrected chi connectivity index (χ0v) is 11.3. The van der Waals surface area contributed by atoms with E-state index in [1.807, 2.05) is 0 Å². The summed E-state index contributed by atoms with van der Waals surface area (Å²) in [5.41, 5.74) is 2.44. The minimum Gasteiger partial charge on any atom is -0.390 e. The number of nitrogens with one attached hydrogen (secondary N) is 1. The van der Waals surface area contributed by atoms with Gasteiger partial charge in [0.05, 0.1) is 12.1 Å². The van der Waals surface area contributed by atoms with Gasteiger partial charge in [-0.2, -0.15) is 0 Å². The second-order valence-electron chi connectivity index (χ2n) is 5.53. The van der Waals surface area contributed by atoms with Crippen LogP contribution in [-0.4, -0.2) is 28.9 Å². The summed E-state index contributed by atoms with van der Waals surface area (Å²) in [5, 5.41) is 16.2. The fourth-order valence-corrected chi connectivity index (χ4v) is 3.44. The number of rotatable bonds is 1. The van der Waals surface area contributed by atoms with Crippen molar-refractivity contribution in [2.24, 2.45) is 0 Å². The number of fused-ring (bicyclic) bond motifs is 3. The number of β-amino-alcohol motifs (C(OH)–C–C–N with tert-alkyl or cyclic N) is 1. The van der Waals surface area contributed by atoms with E-state index in [9.17, 15) is 5.11 Å². The topological polar surface area (TPSA) is 37.2 Å². The van der Waals surface area contributed by atoms with E-state index in [1.165, 1.54) is 21.8 Å². The molecule has 0 aliphatic carbocycles. The van der Waals surface area contributed by atoms with Crippen LogP contribution < -0.4 is 5.32 Å². The Morgan fingerprint density at radius 3 is 2.15 bits per heavy atom. The van der Waals surface area contributed by atoms with Crippen LogP contribution in [0.4, 0.5) is 0 Å². The number of piperidine rings is 1. The van der Waals surface area contributed by atoms with Gasteiger partial charge in [0.1, 0.15) is 0 Å². The molecule has 2 N–H and O–H groups in total. The molecule has 2 aromatic carbocycles. The molecule has 1 aliphatic heterocycles. The molecule has 0 amide bonds. The smallest absolute Gasteiger partial charge is 0.0872 e. The van der Waals surface area contributed by atoms with Crippen molar-refractivity contribution in [3.63, 3.8) is 0 Å². The normalized spacial score (nSPS) is 23.4. The van der Waals surface area contributed by atoms with Crippen molar-refractivity contribution in [1.29, 1.82) is 0 Å². The van der Waals surface area contributed by atoms with Crippen molar-refractivity contribution in [2.45, 2.75) is 18.6 Å². The summed E-state index contributed by atoms with van der Waals surface area (Å²) in [5.74, 6) is 0. The van der Waals surface area contributed by atoms with Crippen LogP contribution in [0.5, 0.6) is 0 Å². The summed E-state index contributed by atoms with van der Waals surface area (Å²) in [6.07, 6.45) is 0.632. The van der Waals surface area contributed by atoms with Gasteiger partial charge in [-0.25, -0.2) is 0 Å². The molecule has 0 saturated carbocycles. The number of aliphatic hydroxyl groups excluding tert-OH is 1. The highest BCUT2D eigenvalue weighted by molar-refractivity contribution is 6.08. The molecule has 4 rings (SSSR count). The predicted molar refractivity (Wildman–Crippen MR) is 82.0 cm³/mol. The lowest BCUT2D eigenvalue weighted by atomic mass is 10.0. The van der Waals surface area contributed by atoms with Gasteiger partial charge >= 0.3 is 0 Å². The zero-order chi connectivity index (χ0) is 13.5. The second-order valence-corrected chi connectivity index (χ2v) is 5.53. The average molecular weight is 266 g/mol. The SMILES string of the molecule is O[C@H]1CNCCC1n1c2ccccc2c2ccccc21. The third-order valence-electron chi connectivity index (χ3n) is 4.36. The highest BCUT2D eigenvalue weighted by atomic mass is 16.3. The van der Waals surface area contributed by atoms with Gasteiger partial charge in [-0.1, -0.05) is 36.4 Å². The molecule has 20 heavy (non-hydrogen) atoms. The van der Waals surface area contributed by atoms with E-state index in [4.69, 9.17) is 0 Å². The standard InChI is InChI=1S/C17H18N2O/c20-17-11-18-10-9-16(17)19-14-7-3-1-5-12(14)13-6-2-4-8-15(13)19/h1-8,16-18,20H,9-11H2/t16?,17-/m0/s1. The van der Waals surface area contributed by atoms with Crippen molar-refractivity contribution >= 4 is 21.8 Å².